The highest BCUT2D eigenvalue weighted by atomic mass is 28.3. The van der Waals surface area contributed by atoms with Crippen molar-refractivity contribution in [3.63, 3.8) is 0 Å². The Kier molecular flexibility index (Phi) is 16.0. The zero-order valence-electron chi connectivity index (χ0n) is 31.2. The van der Waals surface area contributed by atoms with E-state index in [1.54, 1.807) is 48.5 Å². The molecule has 13 heteroatoms. The number of rotatable bonds is 20. The standard InChI is InChI=1S/C35H60O12Si/c1-13-44-14-15-45-31(41)34(7,18-24(20-48(10,11)12)17-25(27(36)37)16-22(2)28(38)43-9)21-35(8,32(42)47-33(4,5)6)19-26-23(3)29(39)46-30(26)40/h22-26H,13-21H2,1-12H3,(H,36,37). The Morgan fingerprint density at radius 1 is 0.938 bits per heavy atom. The predicted molar refractivity (Wildman–Crippen MR) is 180 cm³/mol. The summed E-state index contributed by atoms with van der Waals surface area (Å²) in [6.45, 7) is 20.5. The van der Waals surface area contributed by atoms with E-state index in [9.17, 15) is 33.9 Å². The van der Waals surface area contributed by atoms with Gasteiger partial charge in [-0.25, -0.2) is 0 Å². The molecule has 0 bridgehead atoms. The average Bonchev–Trinajstić information content (AvgIpc) is 3.17. The van der Waals surface area contributed by atoms with E-state index in [1.165, 1.54) is 7.11 Å². The van der Waals surface area contributed by atoms with E-state index in [2.05, 4.69) is 19.6 Å². The molecule has 0 aromatic heterocycles. The number of carbonyl (C=O) groups is 6. The van der Waals surface area contributed by atoms with Crippen LogP contribution in [0.25, 0.3) is 0 Å². The fourth-order valence-electron chi connectivity index (χ4n) is 6.78. The lowest BCUT2D eigenvalue weighted by Crippen LogP contribution is -2.45. The van der Waals surface area contributed by atoms with Crippen LogP contribution in [0.15, 0.2) is 0 Å². The third kappa shape index (κ3) is 13.6. The molecule has 1 fully saturated rings. The molecule has 1 saturated heterocycles. The molecule has 1 heterocycles. The second-order valence-corrected chi connectivity index (χ2v) is 21.8. The number of hydrogen-bond donors (Lipinski definition) is 1. The Hall–Kier alpha value is -2.80. The van der Waals surface area contributed by atoms with Gasteiger partial charge in [0, 0.05) is 14.7 Å². The second-order valence-electron chi connectivity index (χ2n) is 16.2. The summed E-state index contributed by atoms with van der Waals surface area (Å²) in [6, 6.07) is 0.662. The fraction of sp³-hybridized carbons (Fsp3) is 0.829. The lowest BCUT2D eigenvalue weighted by molar-refractivity contribution is -0.174. The number of cyclic esters (lactones) is 2. The summed E-state index contributed by atoms with van der Waals surface area (Å²) in [5.74, 6) is -7.76. The van der Waals surface area contributed by atoms with Gasteiger partial charge in [0.15, 0.2) is 0 Å². The maximum absolute atomic E-state index is 14.1. The van der Waals surface area contributed by atoms with Crippen molar-refractivity contribution in [3.05, 3.63) is 0 Å². The van der Waals surface area contributed by atoms with Crippen LogP contribution >= 0.6 is 0 Å². The van der Waals surface area contributed by atoms with Gasteiger partial charge in [-0.3, -0.25) is 28.8 Å². The summed E-state index contributed by atoms with van der Waals surface area (Å²) in [7, 11) is -0.617. The first-order valence-corrected chi connectivity index (χ1v) is 20.6. The minimum atomic E-state index is -1.88. The van der Waals surface area contributed by atoms with E-state index in [4.69, 9.17) is 23.7 Å². The van der Waals surface area contributed by atoms with E-state index in [0.29, 0.717) is 12.7 Å². The number of esters is 5. The summed E-state index contributed by atoms with van der Waals surface area (Å²) < 4.78 is 26.7. The molecule has 0 aliphatic carbocycles. The minimum absolute atomic E-state index is 0.0288. The molecule has 0 spiro atoms. The number of ether oxygens (including phenoxy) is 5. The van der Waals surface area contributed by atoms with Crippen molar-refractivity contribution in [1.82, 2.24) is 0 Å². The number of carboxylic acid groups (broad SMARTS) is 1. The Labute approximate surface area is 287 Å². The molecule has 7 unspecified atom stereocenters. The first-order chi connectivity index (χ1) is 21.9. The van der Waals surface area contributed by atoms with Crippen LogP contribution in [0.3, 0.4) is 0 Å². The normalized spacial score (nSPS) is 21.2. The van der Waals surface area contributed by atoms with Gasteiger partial charge in [-0.05, 0) is 79.6 Å². The molecule has 0 saturated carbocycles. The van der Waals surface area contributed by atoms with Crippen LogP contribution in [-0.2, 0) is 52.5 Å². The highest BCUT2D eigenvalue weighted by Gasteiger charge is 2.53. The van der Waals surface area contributed by atoms with Crippen molar-refractivity contribution >= 4 is 43.9 Å². The number of methoxy groups -OCH3 is 1. The maximum atomic E-state index is 14.1. The van der Waals surface area contributed by atoms with E-state index >= 15 is 0 Å². The van der Waals surface area contributed by atoms with E-state index in [-0.39, 0.29) is 51.2 Å². The van der Waals surface area contributed by atoms with Crippen LogP contribution in [-0.4, -0.2) is 81.5 Å². The molecule has 0 aromatic carbocycles. The molecule has 1 N–H and O–H groups in total. The van der Waals surface area contributed by atoms with Gasteiger partial charge in [0.1, 0.15) is 12.2 Å². The molecule has 0 amide bonds. The highest BCUT2D eigenvalue weighted by Crippen LogP contribution is 2.48. The predicted octanol–water partition coefficient (Wildman–Crippen LogP) is 5.67. The van der Waals surface area contributed by atoms with Crippen LogP contribution in [0.4, 0.5) is 0 Å². The fourth-order valence-corrected chi connectivity index (χ4v) is 8.82. The summed E-state index contributed by atoms with van der Waals surface area (Å²) in [6.07, 6.45) is 0.203. The highest BCUT2D eigenvalue weighted by molar-refractivity contribution is 6.76. The second kappa shape index (κ2) is 17.7. The maximum Gasteiger partial charge on any atom is 0.317 e. The third-order valence-corrected chi connectivity index (χ3v) is 10.6. The van der Waals surface area contributed by atoms with Gasteiger partial charge in [0.2, 0.25) is 0 Å². The largest absolute Gasteiger partial charge is 0.481 e. The van der Waals surface area contributed by atoms with Crippen LogP contribution in [0.1, 0.15) is 87.5 Å². The Morgan fingerprint density at radius 2 is 1.54 bits per heavy atom. The number of hydrogen-bond acceptors (Lipinski definition) is 11. The molecule has 1 aliphatic rings. The van der Waals surface area contributed by atoms with Gasteiger partial charge in [-0.2, -0.15) is 0 Å². The average molecular weight is 701 g/mol. The van der Waals surface area contributed by atoms with Crippen molar-refractivity contribution < 1.29 is 57.6 Å². The quantitative estimate of drug-likeness (QED) is 0.0544. The number of carboxylic acids is 1. The monoisotopic (exact) mass is 700 g/mol. The Bertz CT molecular complexity index is 1160. The zero-order valence-corrected chi connectivity index (χ0v) is 32.2. The van der Waals surface area contributed by atoms with E-state index < -0.39 is 84.0 Å². The summed E-state index contributed by atoms with van der Waals surface area (Å²) >= 11 is 0. The Balaban J connectivity index is 3.72. The number of carbonyl (C=O) groups excluding carboxylic acids is 5. The topological polar surface area (TPSA) is 169 Å². The van der Waals surface area contributed by atoms with E-state index in [0.717, 1.165) is 0 Å². The molecule has 12 nitrogen and oxygen atoms in total. The Morgan fingerprint density at radius 3 is 2.00 bits per heavy atom. The van der Waals surface area contributed by atoms with Crippen molar-refractivity contribution in [2.45, 2.75) is 119 Å². The zero-order chi connectivity index (χ0) is 37.3. The molecule has 1 aliphatic heterocycles. The summed E-state index contributed by atoms with van der Waals surface area (Å²) in [5.41, 5.74) is -3.69. The van der Waals surface area contributed by atoms with Crippen LogP contribution in [0, 0.1) is 40.4 Å². The van der Waals surface area contributed by atoms with E-state index in [1.807, 2.05) is 6.92 Å². The first-order valence-electron chi connectivity index (χ1n) is 16.9. The van der Waals surface area contributed by atoms with Gasteiger partial charge in [-0.15, -0.1) is 0 Å². The van der Waals surface area contributed by atoms with Crippen LogP contribution in [0.2, 0.25) is 25.7 Å². The lowest BCUT2D eigenvalue weighted by atomic mass is 9.64. The van der Waals surface area contributed by atoms with Crippen LogP contribution < -0.4 is 0 Å². The molecule has 0 radical (unpaired) electrons. The van der Waals surface area contributed by atoms with Gasteiger partial charge >= 0.3 is 35.8 Å². The van der Waals surface area contributed by atoms with Gasteiger partial charge in [-0.1, -0.05) is 39.5 Å². The summed E-state index contributed by atoms with van der Waals surface area (Å²) in [5, 5.41) is 10.2. The molecule has 48 heavy (non-hydrogen) atoms. The van der Waals surface area contributed by atoms with Gasteiger partial charge in [0.05, 0.1) is 48.2 Å². The van der Waals surface area contributed by atoms with Crippen molar-refractivity contribution in [2.75, 3.05) is 26.9 Å². The van der Waals surface area contributed by atoms with Gasteiger partial charge < -0.3 is 28.8 Å². The molecule has 0 aromatic rings. The van der Waals surface area contributed by atoms with Gasteiger partial charge in [0.25, 0.3) is 0 Å². The van der Waals surface area contributed by atoms with Crippen molar-refractivity contribution in [1.29, 1.82) is 0 Å². The first kappa shape index (κ1) is 43.2. The molecule has 7 atom stereocenters. The number of aliphatic carboxylic acids is 1. The lowest BCUT2D eigenvalue weighted by Gasteiger charge is -2.41. The molecule has 1 rings (SSSR count). The van der Waals surface area contributed by atoms with Crippen molar-refractivity contribution in [2.24, 2.45) is 40.4 Å². The smallest absolute Gasteiger partial charge is 0.317 e. The molecular weight excluding hydrogens is 640 g/mol. The molecule has 276 valence electrons. The van der Waals surface area contributed by atoms with Crippen LogP contribution in [0.5, 0.6) is 0 Å². The third-order valence-electron chi connectivity index (χ3n) is 8.83. The summed E-state index contributed by atoms with van der Waals surface area (Å²) in [4.78, 5) is 77.9. The SMILES string of the molecule is CCOCCOC(=O)C(C)(CC(CC(CC(C)C(=O)OC)C(=O)O)C[Si](C)(C)C)CC(C)(CC1C(=O)OC(=O)C1C)C(=O)OC(C)(C)C. The minimum Gasteiger partial charge on any atom is -0.481 e. The molecular formula is C35H60O12Si. The van der Waals surface area contributed by atoms with Crippen molar-refractivity contribution in [3.8, 4) is 0 Å².